The van der Waals surface area contributed by atoms with Gasteiger partial charge in [0.15, 0.2) is 15.5 Å². The SMILES string of the molecule is Cc1ccc(S(=O)(=O)Cc2nc3c(-c4ccccc4C)cc(-c4ccccc4C)cn3c2[N+](=O)[O-])cc1. The lowest BCUT2D eigenvalue weighted by molar-refractivity contribution is -0.391. The Morgan fingerprint density at radius 3 is 2.03 bits per heavy atom. The Balaban J connectivity index is 1.79. The van der Waals surface area contributed by atoms with Gasteiger partial charge in [0.25, 0.3) is 0 Å². The van der Waals surface area contributed by atoms with Gasteiger partial charge in [-0.15, -0.1) is 0 Å². The van der Waals surface area contributed by atoms with E-state index in [-0.39, 0.29) is 16.4 Å². The summed E-state index contributed by atoms with van der Waals surface area (Å²) in [6.07, 6.45) is 1.67. The molecule has 8 heteroatoms. The molecule has 0 aliphatic carbocycles. The van der Waals surface area contributed by atoms with E-state index in [0.717, 1.165) is 33.4 Å². The van der Waals surface area contributed by atoms with Gasteiger partial charge in [0.05, 0.1) is 10.5 Å². The van der Waals surface area contributed by atoms with Crippen LogP contribution in [-0.4, -0.2) is 22.7 Å². The molecule has 0 amide bonds. The number of rotatable bonds is 6. The first-order valence-electron chi connectivity index (χ1n) is 11.8. The third-order valence-corrected chi connectivity index (χ3v) is 8.18. The zero-order valence-electron chi connectivity index (χ0n) is 20.7. The number of benzene rings is 3. The summed E-state index contributed by atoms with van der Waals surface area (Å²) in [7, 11) is -3.87. The second-order valence-electron chi connectivity index (χ2n) is 9.18. The van der Waals surface area contributed by atoms with Crippen molar-refractivity contribution >= 4 is 21.3 Å². The van der Waals surface area contributed by atoms with E-state index in [2.05, 4.69) is 4.98 Å². The molecule has 0 atom stereocenters. The molecule has 7 nitrogen and oxygen atoms in total. The minimum absolute atomic E-state index is 0.0951. The average Bonchev–Trinajstić information content (AvgIpc) is 3.22. The molecule has 186 valence electrons. The van der Waals surface area contributed by atoms with Gasteiger partial charge in [-0.25, -0.2) is 13.4 Å². The van der Waals surface area contributed by atoms with E-state index in [0.29, 0.717) is 11.2 Å². The molecule has 37 heavy (non-hydrogen) atoms. The summed E-state index contributed by atoms with van der Waals surface area (Å²) >= 11 is 0. The largest absolute Gasteiger partial charge is 0.358 e. The standard InChI is InChI=1S/C29H25N3O4S/c1-19-12-14-23(15-13-19)37(35,36)18-27-29(32(33)34)31-17-22(24-10-6-4-8-20(24)2)16-26(28(31)30-27)25-11-7-5-9-21(25)3/h4-17H,18H2,1-3H3. The van der Waals surface area contributed by atoms with Gasteiger partial charge in [-0.1, -0.05) is 66.2 Å². The van der Waals surface area contributed by atoms with Crippen LogP contribution in [0, 0.1) is 30.9 Å². The van der Waals surface area contributed by atoms with Crippen LogP contribution in [0.1, 0.15) is 22.4 Å². The number of pyridine rings is 1. The Hall–Kier alpha value is -4.30. The molecule has 0 bridgehead atoms. The molecular formula is C29H25N3O4S. The zero-order chi connectivity index (χ0) is 26.3. The second-order valence-corrected chi connectivity index (χ2v) is 11.2. The molecule has 3 aromatic carbocycles. The molecule has 5 aromatic rings. The fraction of sp³-hybridized carbons (Fsp3) is 0.138. The number of nitrogens with zero attached hydrogens (tertiary/aromatic N) is 3. The van der Waals surface area contributed by atoms with Crippen LogP contribution in [0.25, 0.3) is 27.9 Å². The average molecular weight is 512 g/mol. The van der Waals surface area contributed by atoms with E-state index >= 15 is 0 Å². The lowest BCUT2D eigenvalue weighted by Crippen LogP contribution is -2.07. The van der Waals surface area contributed by atoms with Crippen LogP contribution in [-0.2, 0) is 15.6 Å². The highest BCUT2D eigenvalue weighted by molar-refractivity contribution is 7.90. The lowest BCUT2D eigenvalue weighted by atomic mass is 9.96. The van der Waals surface area contributed by atoms with E-state index in [9.17, 15) is 18.5 Å². The maximum atomic E-state index is 13.2. The summed E-state index contributed by atoms with van der Waals surface area (Å²) in [4.78, 5) is 16.5. The summed E-state index contributed by atoms with van der Waals surface area (Å²) in [5, 5.41) is 12.3. The van der Waals surface area contributed by atoms with Crippen molar-refractivity contribution in [2.45, 2.75) is 31.4 Å². The van der Waals surface area contributed by atoms with Crippen molar-refractivity contribution in [1.82, 2.24) is 9.38 Å². The Kier molecular flexibility index (Phi) is 6.13. The Bertz CT molecular complexity index is 1770. The van der Waals surface area contributed by atoms with Crippen molar-refractivity contribution in [3.63, 3.8) is 0 Å². The van der Waals surface area contributed by atoms with Crippen molar-refractivity contribution < 1.29 is 13.3 Å². The lowest BCUT2D eigenvalue weighted by Gasteiger charge is -2.10. The Morgan fingerprint density at radius 2 is 1.43 bits per heavy atom. The van der Waals surface area contributed by atoms with E-state index in [1.165, 1.54) is 16.5 Å². The quantitative estimate of drug-likeness (QED) is 0.192. The summed E-state index contributed by atoms with van der Waals surface area (Å²) in [6.45, 7) is 5.81. The van der Waals surface area contributed by atoms with Crippen LogP contribution in [0.3, 0.4) is 0 Å². The number of aromatic nitrogens is 2. The van der Waals surface area contributed by atoms with Crippen molar-refractivity contribution in [3.8, 4) is 22.3 Å². The number of aryl methyl sites for hydroxylation is 3. The second kappa shape index (κ2) is 9.29. The van der Waals surface area contributed by atoms with Gasteiger partial charge >= 0.3 is 5.82 Å². The molecule has 0 N–H and O–H groups in total. The van der Waals surface area contributed by atoms with E-state index < -0.39 is 20.5 Å². The zero-order valence-corrected chi connectivity index (χ0v) is 21.5. The van der Waals surface area contributed by atoms with Gasteiger partial charge in [0.1, 0.15) is 11.9 Å². The molecule has 0 spiro atoms. The van der Waals surface area contributed by atoms with Crippen LogP contribution in [0.4, 0.5) is 5.82 Å². The van der Waals surface area contributed by atoms with Crippen LogP contribution in [0.5, 0.6) is 0 Å². The number of sulfone groups is 1. The molecule has 2 aromatic heterocycles. The highest BCUT2D eigenvalue weighted by Gasteiger charge is 2.30. The smallest absolute Gasteiger partial charge is 0.352 e. The monoisotopic (exact) mass is 511 g/mol. The van der Waals surface area contributed by atoms with Crippen molar-refractivity contribution in [2.24, 2.45) is 0 Å². The number of nitro groups is 1. The van der Waals surface area contributed by atoms with Gasteiger partial charge in [-0.05, 0) is 66.1 Å². The van der Waals surface area contributed by atoms with Gasteiger partial charge in [-0.2, -0.15) is 4.40 Å². The first-order chi connectivity index (χ1) is 17.7. The first-order valence-corrected chi connectivity index (χ1v) is 13.4. The predicted molar refractivity (Wildman–Crippen MR) is 144 cm³/mol. The van der Waals surface area contributed by atoms with Gasteiger partial charge in [0.2, 0.25) is 5.65 Å². The predicted octanol–water partition coefficient (Wildman–Crippen LogP) is 6.48. The van der Waals surface area contributed by atoms with E-state index in [4.69, 9.17) is 0 Å². The van der Waals surface area contributed by atoms with Crippen LogP contribution in [0.2, 0.25) is 0 Å². The van der Waals surface area contributed by atoms with Crippen LogP contribution < -0.4 is 0 Å². The summed E-state index contributed by atoms with van der Waals surface area (Å²) < 4.78 is 27.9. The van der Waals surface area contributed by atoms with Crippen LogP contribution in [0.15, 0.2) is 90.0 Å². The summed E-state index contributed by atoms with van der Waals surface area (Å²) in [5.74, 6) is -0.933. The maximum absolute atomic E-state index is 13.2. The molecular weight excluding hydrogens is 486 g/mol. The minimum atomic E-state index is -3.87. The number of hydrogen-bond donors (Lipinski definition) is 0. The summed E-state index contributed by atoms with van der Waals surface area (Å²) in [6, 6.07) is 23.9. The fourth-order valence-corrected chi connectivity index (χ4v) is 5.87. The van der Waals surface area contributed by atoms with E-state index in [1.54, 1.807) is 18.3 Å². The van der Waals surface area contributed by atoms with Gasteiger partial charge in [-0.3, -0.25) is 0 Å². The highest BCUT2D eigenvalue weighted by Crippen LogP contribution is 2.36. The topological polar surface area (TPSA) is 94.6 Å². The number of imidazole rings is 1. The summed E-state index contributed by atoms with van der Waals surface area (Å²) in [5.41, 5.74) is 6.43. The van der Waals surface area contributed by atoms with Crippen molar-refractivity contribution in [1.29, 1.82) is 0 Å². The third-order valence-electron chi connectivity index (χ3n) is 6.54. The normalized spacial score (nSPS) is 11.6. The Morgan fingerprint density at radius 1 is 0.838 bits per heavy atom. The molecule has 0 aliphatic rings. The molecule has 0 aliphatic heterocycles. The molecule has 2 heterocycles. The molecule has 0 saturated heterocycles. The first kappa shape index (κ1) is 24.4. The fourth-order valence-electron chi connectivity index (χ4n) is 4.60. The Labute approximate surface area is 215 Å². The third kappa shape index (κ3) is 4.51. The molecule has 0 radical (unpaired) electrons. The maximum Gasteiger partial charge on any atom is 0.352 e. The molecule has 0 saturated carbocycles. The highest BCUT2D eigenvalue weighted by atomic mass is 32.2. The molecule has 5 rings (SSSR count). The molecule has 0 unspecified atom stereocenters. The van der Waals surface area contributed by atoms with Crippen molar-refractivity contribution in [3.05, 3.63) is 118 Å². The van der Waals surface area contributed by atoms with Crippen LogP contribution >= 0.6 is 0 Å². The molecule has 0 fully saturated rings. The number of hydrogen-bond acceptors (Lipinski definition) is 5. The number of fused-ring (bicyclic) bond motifs is 1. The minimum Gasteiger partial charge on any atom is -0.358 e. The van der Waals surface area contributed by atoms with Gasteiger partial charge < -0.3 is 10.1 Å². The van der Waals surface area contributed by atoms with Crippen molar-refractivity contribution in [2.75, 3.05) is 0 Å². The van der Waals surface area contributed by atoms with Gasteiger partial charge in [0, 0.05) is 5.56 Å². The van der Waals surface area contributed by atoms with E-state index in [1.807, 2.05) is 75.4 Å².